The SMILES string of the molecule is CCC[C@@H](N)CN. The van der Waals surface area contributed by atoms with Crippen molar-refractivity contribution in [3.8, 4) is 0 Å². The Morgan fingerprint density at radius 1 is 1.57 bits per heavy atom. The molecule has 1 atom stereocenters. The Balaban J connectivity index is 2.83. The number of nitrogens with two attached hydrogens (primary N) is 2. The van der Waals surface area contributed by atoms with E-state index >= 15 is 0 Å². The van der Waals surface area contributed by atoms with Crippen molar-refractivity contribution in [2.24, 2.45) is 11.5 Å². The average molecular weight is 102 g/mol. The van der Waals surface area contributed by atoms with Crippen LogP contribution in [0.4, 0.5) is 0 Å². The third kappa shape index (κ3) is 3.76. The van der Waals surface area contributed by atoms with Crippen molar-refractivity contribution in [3.63, 3.8) is 0 Å². The van der Waals surface area contributed by atoms with Crippen LogP contribution < -0.4 is 11.5 Å². The van der Waals surface area contributed by atoms with E-state index in [1.165, 1.54) is 0 Å². The highest BCUT2D eigenvalue weighted by molar-refractivity contribution is 4.58. The number of hydrogen-bond donors (Lipinski definition) is 2. The molecule has 0 saturated heterocycles. The van der Waals surface area contributed by atoms with E-state index in [-0.39, 0.29) is 6.04 Å². The molecule has 0 heterocycles. The van der Waals surface area contributed by atoms with Crippen LogP contribution in [0.3, 0.4) is 0 Å². The highest BCUT2D eigenvalue weighted by atomic mass is 14.7. The molecule has 44 valence electrons. The molecule has 0 aromatic rings. The first-order valence-corrected chi connectivity index (χ1v) is 2.77. The van der Waals surface area contributed by atoms with Crippen molar-refractivity contribution >= 4 is 0 Å². The standard InChI is InChI=1S/C5H14N2/c1-2-3-5(7)4-6/h5H,2-4,6-7H2,1H3/t5-/m1/s1. The van der Waals surface area contributed by atoms with E-state index in [2.05, 4.69) is 6.92 Å². The van der Waals surface area contributed by atoms with Crippen molar-refractivity contribution in [2.75, 3.05) is 6.54 Å². The maximum absolute atomic E-state index is 5.46. The number of rotatable bonds is 3. The van der Waals surface area contributed by atoms with Gasteiger partial charge in [0.05, 0.1) is 0 Å². The largest absolute Gasteiger partial charge is 0.329 e. The first-order chi connectivity index (χ1) is 3.31. The summed E-state index contributed by atoms with van der Waals surface area (Å²) in [6, 6.07) is 0.227. The molecule has 0 aromatic heterocycles. The Morgan fingerprint density at radius 3 is 2.29 bits per heavy atom. The Kier molecular flexibility index (Phi) is 4.04. The first kappa shape index (κ1) is 6.92. The summed E-state index contributed by atoms with van der Waals surface area (Å²) in [6.45, 7) is 2.73. The fourth-order valence-corrected chi connectivity index (χ4v) is 0.489. The highest BCUT2D eigenvalue weighted by Gasteiger charge is 1.93. The summed E-state index contributed by atoms with van der Waals surface area (Å²) in [5.74, 6) is 0. The molecule has 0 unspecified atom stereocenters. The predicted octanol–water partition coefficient (Wildman–Crippen LogP) is 0.0725. The van der Waals surface area contributed by atoms with Crippen molar-refractivity contribution < 1.29 is 0 Å². The molecule has 4 N–H and O–H groups in total. The van der Waals surface area contributed by atoms with Gasteiger partial charge in [-0.05, 0) is 6.42 Å². The molecule has 2 nitrogen and oxygen atoms in total. The summed E-state index contributed by atoms with van der Waals surface area (Å²) in [6.07, 6.45) is 2.19. The van der Waals surface area contributed by atoms with Gasteiger partial charge in [0.1, 0.15) is 0 Å². The molecule has 0 saturated carbocycles. The smallest absolute Gasteiger partial charge is 0.0162 e. The lowest BCUT2D eigenvalue weighted by Gasteiger charge is -2.03. The van der Waals surface area contributed by atoms with E-state index in [1.54, 1.807) is 0 Å². The summed E-state index contributed by atoms with van der Waals surface area (Å²) in [5, 5.41) is 0. The Bertz CT molecular complexity index is 37.1. The highest BCUT2D eigenvalue weighted by Crippen LogP contribution is 1.88. The normalized spacial score (nSPS) is 14.1. The Morgan fingerprint density at radius 2 is 2.14 bits per heavy atom. The average Bonchev–Trinajstić information content (AvgIpc) is 1.68. The van der Waals surface area contributed by atoms with Gasteiger partial charge in [0.15, 0.2) is 0 Å². The molecule has 0 aliphatic carbocycles. The first-order valence-electron chi connectivity index (χ1n) is 2.77. The van der Waals surface area contributed by atoms with Crippen LogP contribution in [0.5, 0.6) is 0 Å². The van der Waals surface area contributed by atoms with Crippen LogP contribution in [0, 0.1) is 0 Å². The summed E-state index contributed by atoms with van der Waals surface area (Å²) in [7, 11) is 0. The van der Waals surface area contributed by atoms with Gasteiger partial charge in [-0.25, -0.2) is 0 Å². The Hall–Kier alpha value is -0.0800. The van der Waals surface area contributed by atoms with Gasteiger partial charge in [0, 0.05) is 12.6 Å². The van der Waals surface area contributed by atoms with Gasteiger partial charge < -0.3 is 11.5 Å². The Labute approximate surface area is 44.9 Å². The fourth-order valence-electron chi connectivity index (χ4n) is 0.489. The summed E-state index contributed by atoms with van der Waals surface area (Å²) < 4.78 is 0. The second kappa shape index (κ2) is 4.09. The topological polar surface area (TPSA) is 52.0 Å². The minimum absolute atomic E-state index is 0.227. The molecule has 0 amide bonds. The van der Waals surface area contributed by atoms with E-state index < -0.39 is 0 Å². The molecular formula is C5H14N2. The van der Waals surface area contributed by atoms with E-state index in [0.717, 1.165) is 12.8 Å². The van der Waals surface area contributed by atoms with Crippen LogP contribution in [0.25, 0.3) is 0 Å². The molecule has 0 aliphatic heterocycles. The van der Waals surface area contributed by atoms with Crippen LogP contribution in [-0.2, 0) is 0 Å². The zero-order valence-electron chi connectivity index (χ0n) is 4.85. The van der Waals surface area contributed by atoms with Crippen molar-refractivity contribution in [1.82, 2.24) is 0 Å². The zero-order chi connectivity index (χ0) is 5.70. The molecule has 0 fully saturated rings. The molecule has 0 radical (unpaired) electrons. The van der Waals surface area contributed by atoms with E-state index in [9.17, 15) is 0 Å². The van der Waals surface area contributed by atoms with Crippen LogP contribution in [0.15, 0.2) is 0 Å². The van der Waals surface area contributed by atoms with Crippen LogP contribution in [-0.4, -0.2) is 12.6 Å². The maximum atomic E-state index is 5.46. The lowest BCUT2D eigenvalue weighted by molar-refractivity contribution is 0.612. The predicted molar refractivity (Wildman–Crippen MR) is 31.9 cm³/mol. The van der Waals surface area contributed by atoms with Gasteiger partial charge in [-0.15, -0.1) is 0 Å². The van der Waals surface area contributed by atoms with Gasteiger partial charge >= 0.3 is 0 Å². The van der Waals surface area contributed by atoms with Crippen LogP contribution in [0.1, 0.15) is 19.8 Å². The monoisotopic (exact) mass is 102 g/mol. The number of hydrogen-bond acceptors (Lipinski definition) is 2. The second-order valence-corrected chi connectivity index (χ2v) is 1.78. The lowest BCUT2D eigenvalue weighted by atomic mass is 10.2. The minimum atomic E-state index is 0.227. The minimum Gasteiger partial charge on any atom is -0.329 e. The molecule has 0 aliphatic rings. The quantitative estimate of drug-likeness (QED) is 0.530. The van der Waals surface area contributed by atoms with Crippen molar-refractivity contribution in [2.45, 2.75) is 25.8 Å². The van der Waals surface area contributed by atoms with E-state index in [4.69, 9.17) is 11.5 Å². The van der Waals surface area contributed by atoms with Crippen LogP contribution >= 0.6 is 0 Å². The molecule has 2 heteroatoms. The van der Waals surface area contributed by atoms with Gasteiger partial charge in [-0.2, -0.15) is 0 Å². The third-order valence-corrected chi connectivity index (χ3v) is 0.962. The van der Waals surface area contributed by atoms with Crippen molar-refractivity contribution in [1.29, 1.82) is 0 Å². The molecule has 0 aromatic carbocycles. The van der Waals surface area contributed by atoms with E-state index in [0.29, 0.717) is 6.54 Å². The zero-order valence-corrected chi connectivity index (χ0v) is 4.85. The lowest BCUT2D eigenvalue weighted by Crippen LogP contribution is -2.28. The second-order valence-electron chi connectivity index (χ2n) is 1.78. The molecule has 0 rings (SSSR count). The van der Waals surface area contributed by atoms with Gasteiger partial charge in [0.25, 0.3) is 0 Å². The van der Waals surface area contributed by atoms with Crippen LogP contribution in [0.2, 0.25) is 0 Å². The molecule has 0 spiro atoms. The molecule has 7 heavy (non-hydrogen) atoms. The van der Waals surface area contributed by atoms with Gasteiger partial charge in [-0.1, -0.05) is 13.3 Å². The molecular weight excluding hydrogens is 88.1 g/mol. The third-order valence-electron chi connectivity index (χ3n) is 0.962. The summed E-state index contributed by atoms with van der Waals surface area (Å²) in [4.78, 5) is 0. The van der Waals surface area contributed by atoms with E-state index in [1.807, 2.05) is 0 Å². The fraction of sp³-hybridized carbons (Fsp3) is 1.00. The summed E-state index contributed by atoms with van der Waals surface area (Å²) >= 11 is 0. The maximum Gasteiger partial charge on any atom is 0.0162 e. The van der Waals surface area contributed by atoms with Gasteiger partial charge in [0.2, 0.25) is 0 Å². The molecule has 0 bridgehead atoms. The summed E-state index contributed by atoms with van der Waals surface area (Å²) in [5.41, 5.74) is 10.7. The van der Waals surface area contributed by atoms with Gasteiger partial charge in [-0.3, -0.25) is 0 Å². The van der Waals surface area contributed by atoms with Crippen molar-refractivity contribution in [3.05, 3.63) is 0 Å².